The molecule has 2 N–H and O–H groups in total. The third-order valence-electron chi connectivity index (χ3n) is 4.06. The summed E-state index contributed by atoms with van der Waals surface area (Å²) in [6, 6.07) is 0.634. The van der Waals surface area contributed by atoms with E-state index in [1.807, 2.05) is 7.05 Å². The van der Waals surface area contributed by atoms with Crippen molar-refractivity contribution in [3.05, 3.63) is 0 Å². The molecule has 0 aromatic rings. The zero-order valence-corrected chi connectivity index (χ0v) is 13.6. The van der Waals surface area contributed by atoms with Gasteiger partial charge >= 0.3 is 0 Å². The fraction of sp³-hybridized carbons (Fsp3) is 0.938. The molecule has 19 heavy (non-hydrogen) atoms. The van der Waals surface area contributed by atoms with Crippen LogP contribution < -0.4 is 5.32 Å². The number of aliphatic hydroxyl groups excluding tert-OH is 1. The molecule has 0 aromatic carbocycles. The molecular weight excluding hydrogens is 238 g/mol. The van der Waals surface area contributed by atoms with Crippen LogP contribution in [0.15, 0.2) is 0 Å². The van der Waals surface area contributed by atoms with Gasteiger partial charge in [-0.25, -0.2) is 0 Å². The van der Waals surface area contributed by atoms with E-state index in [1.165, 1.54) is 25.5 Å². The van der Waals surface area contributed by atoms with Crippen molar-refractivity contribution in [2.75, 3.05) is 7.05 Å². The summed E-state index contributed by atoms with van der Waals surface area (Å²) in [6.07, 6.45) is 7.10. The van der Waals surface area contributed by atoms with Gasteiger partial charge in [0.05, 0.1) is 0 Å². The summed E-state index contributed by atoms with van der Waals surface area (Å²) >= 11 is 0. The minimum absolute atomic E-state index is 0.134. The largest absolute Gasteiger partial charge is 0.394 e. The highest BCUT2D eigenvalue weighted by molar-refractivity contribution is 5.61. The number of carbonyl (C=O) groups excluding carboxylic acids is 1. The molecule has 2 bridgehead atoms. The van der Waals surface area contributed by atoms with Gasteiger partial charge in [-0.15, -0.1) is 0 Å². The first-order chi connectivity index (χ1) is 8.68. The van der Waals surface area contributed by atoms with Crippen molar-refractivity contribution in [3.63, 3.8) is 0 Å². The molecule has 0 radical (unpaired) electrons. The predicted molar refractivity (Wildman–Crippen MR) is 81.2 cm³/mol. The van der Waals surface area contributed by atoms with E-state index in [-0.39, 0.29) is 11.5 Å². The van der Waals surface area contributed by atoms with Gasteiger partial charge in [0, 0.05) is 17.6 Å². The molecule has 0 saturated heterocycles. The molecule has 2 fully saturated rings. The molecule has 0 aromatic heterocycles. The van der Waals surface area contributed by atoms with Crippen LogP contribution >= 0.6 is 0 Å². The summed E-state index contributed by atoms with van der Waals surface area (Å²) in [6.45, 7) is 9.99. The average Bonchev–Trinajstić information content (AvgIpc) is 2.83. The number of hydrogen-bond acceptors (Lipinski definition) is 3. The smallest absolute Gasteiger partial charge is 0.126 e. The highest BCUT2D eigenvalue weighted by atomic mass is 16.3. The Balaban J connectivity index is 0.000000307. The summed E-state index contributed by atoms with van der Waals surface area (Å²) in [5.41, 5.74) is 0.676. The Morgan fingerprint density at radius 2 is 1.47 bits per heavy atom. The molecule has 0 atom stereocenters. The Hall–Kier alpha value is -0.410. The highest BCUT2D eigenvalue weighted by Crippen LogP contribution is 2.60. The molecule has 3 nitrogen and oxygen atoms in total. The van der Waals surface area contributed by atoms with Gasteiger partial charge in [-0.1, -0.05) is 20.8 Å². The Morgan fingerprint density at radius 1 is 1.11 bits per heavy atom. The number of fused-ring (bicyclic) bond motifs is 2. The van der Waals surface area contributed by atoms with Crippen molar-refractivity contribution in [1.82, 2.24) is 5.32 Å². The Bertz CT molecular complexity index is 251. The Kier molecular flexibility index (Phi) is 7.83. The Morgan fingerprint density at radius 3 is 1.58 bits per heavy atom. The monoisotopic (exact) mass is 271 g/mol. The van der Waals surface area contributed by atoms with Gasteiger partial charge in [0.15, 0.2) is 0 Å². The number of aldehydes is 1. The SMILES string of the molecule is CC(C)O.CC12CCC(C=O)(CC1)C2.CNC(C)C. The van der Waals surface area contributed by atoms with Crippen LogP contribution in [0.1, 0.15) is 66.7 Å². The van der Waals surface area contributed by atoms with Crippen LogP contribution in [-0.4, -0.2) is 30.6 Å². The zero-order valence-electron chi connectivity index (χ0n) is 13.6. The van der Waals surface area contributed by atoms with Crippen molar-refractivity contribution in [3.8, 4) is 0 Å². The molecule has 0 heterocycles. The maximum absolute atomic E-state index is 10.7. The van der Waals surface area contributed by atoms with Gasteiger partial charge in [0.1, 0.15) is 6.29 Å². The standard InChI is InChI=1S/C9H14O.C4H11N.C3H8O/c1-8-2-4-9(6-8,7-10)5-3-8;1-4(2)5-3;1-3(2)4/h7H,2-6H2,1H3;4-5H,1-3H3;3-4H,1-2H3. The normalized spacial score (nSPS) is 31.6. The van der Waals surface area contributed by atoms with Gasteiger partial charge in [-0.05, 0) is 58.4 Å². The van der Waals surface area contributed by atoms with E-state index in [0.717, 1.165) is 12.8 Å². The van der Waals surface area contributed by atoms with Gasteiger partial charge in [-0.3, -0.25) is 0 Å². The van der Waals surface area contributed by atoms with Crippen LogP contribution in [0.25, 0.3) is 0 Å². The number of nitrogens with one attached hydrogen (secondary N) is 1. The van der Waals surface area contributed by atoms with E-state index < -0.39 is 0 Å². The topological polar surface area (TPSA) is 49.3 Å². The van der Waals surface area contributed by atoms with E-state index in [1.54, 1.807) is 13.8 Å². The van der Waals surface area contributed by atoms with E-state index in [2.05, 4.69) is 26.1 Å². The second-order valence-corrected chi connectivity index (χ2v) is 7.00. The summed E-state index contributed by atoms with van der Waals surface area (Å²) in [4.78, 5) is 10.7. The van der Waals surface area contributed by atoms with Crippen LogP contribution in [-0.2, 0) is 4.79 Å². The first-order valence-electron chi connectivity index (χ1n) is 7.50. The van der Waals surface area contributed by atoms with E-state index in [9.17, 15) is 4.79 Å². The third kappa shape index (κ3) is 7.07. The molecule has 0 unspecified atom stereocenters. The van der Waals surface area contributed by atoms with Crippen molar-refractivity contribution < 1.29 is 9.90 Å². The van der Waals surface area contributed by atoms with Crippen LogP contribution in [0.4, 0.5) is 0 Å². The van der Waals surface area contributed by atoms with Gasteiger partial charge in [0.2, 0.25) is 0 Å². The van der Waals surface area contributed by atoms with Gasteiger partial charge in [0.25, 0.3) is 0 Å². The lowest BCUT2D eigenvalue weighted by molar-refractivity contribution is -0.115. The maximum Gasteiger partial charge on any atom is 0.126 e. The first-order valence-corrected chi connectivity index (χ1v) is 7.50. The molecule has 114 valence electrons. The summed E-state index contributed by atoms with van der Waals surface area (Å²) < 4.78 is 0. The highest BCUT2D eigenvalue weighted by Gasteiger charge is 2.51. The number of carbonyl (C=O) groups is 1. The molecule has 2 saturated carbocycles. The average molecular weight is 271 g/mol. The Labute approximate surface area is 119 Å². The molecule has 0 spiro atoms. The van der Waals surface area contributed by atoms with Crippen LogP contribution in [0.2, 0.25) is 0 Å². The zero-order chi connectivity index (χ0) is 15.1. The summed E-state index contributed by atoms with van der Waals surface area (Å²) in [7, 11) is 1.95. The minimum atomic E-state index is -0.167. The molecule has 2 aliphatic carbocycles. The second-order valence-electron chi connectivity index (χ2n) is 7.00. The van der Waals surface area contributed by atoms with Gasteiger partial charge < -0.3 is 15.2 Å². The third-order valence-corrected chi connectivity index (χ3v) is 4.06. The van der Waals surface area contributed by atoms with Gasteiger partial charge in [-0.2, -0.15) is 0 Å². The molecular formula is C16H33NO2. The summed E-state index contributed by atoms with van der Waals surface area (Å²) in [5, 5.41) is 11.1. The molecule has 0 amide bonds. The fourth-order valence-corrected chi connectivity index (χ4v) is 2.71. The van der Waals surface area contributed by atoms with Crippen LogP contribution in [0.3, 0.4) is 0 Å². The van der Waals surface area contributed by atoms with E-state index in [0.29, 0.717) is 11.5 Å². The van der Waals surface area contributed by atoms with Crippen LogP contribution in [0.5, 0.6) is 0 Å². The molecule has 3 heteroatoms. The van der Waals surface area contributed by atoms with Crippen molar-refractivity contribution in [2.45, 2.75) is 78.9 Å². The molecule has 0 aliphatic heterocycles. The van der Waals surface area contributed by atoms with E-state index in [4.69, 9.17) is 5.11 Å². The minimum Gasteiger partial charge on any atom is -0.394 e. The predicted octanol–water partition coefficient (Wildman–Crippen LogP) is 3.16. The number of hydrogen-bond donors (Lipinski definition) is 2. The van der Waals surface area contributed by atoms with Crippen molar-refractivity contribution >= 4 is 6.29 Å². The first kappa shape index (κ1) is 18.6. The van der Waals surface area contributed by atoms with E-state index >= 15 is 0 Å². The van der Waals surface area contributed by atoms with Crippen molar-refractivity contribution in [1.29, 1.82) is 0 Å². The fourth-order valence-electron chi connectivity index (χ4n) is 2.71. The molecule has 2 aliphatic rings. The number of rotatable bonds is 2. The lowest BCUT2D eigenvalue weighted by atomic mass is 9.84. The quantitative estimate of drug-likeness (QED) is 0.759. The van der Waals surface area contributed by atoms with Crippen LogP contribution in [0, 0.1) is 10.8 Å². The van der Waals surface area contributed by atoms with Crippen molar-refractivity contribution in [2.24, 2.45) is 10.8 Å². The number of aliphatic hydroxyl groups is 1. The lowest BCUT2D eigenvalue weighted by Gasteiger charge is -2.20. The lowest BCUT2D eigenvalue weighted by Crippen LogP contribution is -2.15. The second kappa shape index (κ2) is 8.01. The molecule has 2 rings (SSSR count). The summed E-state index contributed by atoms with van der Waals surface area (Å²) in [5.74, 6) is 0. The maximum atomic E-state index is 10.7.